The highest BCUT2D eigenvalue weighted by atomic mass is 16.3. The van der Waals surface area contributed by atoms with Crippen LogP contribution in [0.25, 0.3) is 11.0 Å². The quantitative estimate of drug-likeness (QED) is 0.876. The molecule has 0 aliphatic carbocycles. The number of aryl methyl sites for hydroxylation is 2. The number of carbonyl (C=O) groups is 2. The van der Waals surface area contributed by atoms with Crippen molar-refractivity contribution in [3.05, 3.63) is 35.1 Å². The summed E-state index contributed by atoms with van der Waals surface area (Å²) in [6.45, 7) is 4.98. The first-order valence-electron chi connectivity index (χ1n) is 8.62. The highest BCUT2D eigenvalue weighted by Gasteiger charge is 2.36. The lowest BCUT2D eigenvalue weighted by molar-refractivity contribution is -0.124. The molecule has 24 heavy (non-hydrogen) atoms. The van der Waals surface area contributed by atoms with E-state index < -0.39 is 0 Å². The molecule has 126 valence electrons. The van der Waals surface area contributed by atoms with Crippen molar-refractivity contribution in [1.29, 1.82) is 0 Å². The third kappa shape index (κ3) is 2.48. The summed E-state index contributed by atoms with van der Waals surface area (Å²) in [5, 5.41) is 4.04. The topological polar surface area (TPSA) is 62.6 Å². The maximum absolute atomic E-state index is 13.1. The Morgan fingerprint density at radius 3 is 2.92 bits per heavy atom. The molecule has 2 amide bonds. The molecule has 5 nitrogen and oxygen atoms in total. The van der Waals surface area contributed by atoms with Crippen molar-refractivity contribution in [2.45, 2.75) is 39.2 Å². The van der Waals surface area contributed by atoms with Crippen molar-refractivity contribution in [1.82, 2.24) is 10.2 Å². The highest BCUT2D eigenvalue weighted by Crippen LogP contribution is 2.29. The fourth-order valence-electron chi connectivity index (χ4n) is 3.90. The number of amides is 2. The second kappa shape index (κ2) is 5.65. The van der Waals surface area contributed by atoms with E-state index in [2.05, 4.69) is 5.32 Å². The lowest BCUT2D eigenvalue weighted by atomic mass is 9.99. The molecule has 2 aliphatic rings. The standard InChI is InChI=1S/C19H22N2O3/c1-11-6-7-15-12(2)17(24-16(15)8-11)19(23)21-9-13-4-3-5-14(10-21)20-18(13)22/h6-8,13-14H,3-5,9-10H2,1-2H3,(H,20,22). The first kappa shape index (κ1) is 15.2. The second-order valence-corrected chi connectivity index (χ2v) is 7.10. The van der Waals surface area contributed by atoms with E-state index in [1.807, 2.05) is 32.0 Å². The molecule has 2 atom stereocenters. The van der Waals surface area contributed by atoms with Crippen molar-refractivity contribution < 1.29 is 14.0 Å². The van der Waals surface area contributed by atoms with Crippen LogP contribution in [0.5, 0.6) is 0 Å². The van der Waals surface area contributed by atoms with Crippen molar-refractivity contribution in [2.24, 2.45) is 5.92 Å². The highest BCUT2D eigenvalue weighted by molar-refractivity contribution is 5.99. The SMILES string of the molecule is Cc1ccc2c(C)c(C(=O)N3CC4CCCC(C3)C(=O)N4)oc2c1. The predicted molar refractivity (Wildman–Crippen MR) is 90.9 cm³/mol. The van der Waals surface area contributed by atoms with Gasteiger partial charge in [-0.05, 0) is 38.3 Å². The third-order valence-electron chi connectivity index (χ3n) is 5.28. The lowest BCUT2D eigenvalue weighted by Gasteiger charge is -2.27. The van der Waals surface area contributed by atoms with E-state index in [-0.39, 0.29) is 23.8 Å². The summed E-state index contributed by atoms with van der Waals surface area (Å²) in [5.41, 5.74) is 2.73. The van der Waals surface area contributed by atoms with Gasteiger partial charge < -0.3 is 14.6 Å². The number of nitrogens with zero attached hydrogens (tertiary/aromatic N) is 1. The Kier molecular flexibility index (Phi) is 3.59. The number of benzene rings is 1. The van der Waals surface area contributed by atoms with Crippen LogP contribution in [0, 0.1) is 19.8 Å². The van der Waals surface area contributed by atoms with E-state index in [1.54, 1.807) is 4.90 Å². The molecule has 0 radical (unpaired) electrons. The fraction of sp³-hybridized carbons (Fsp3) is 0.474. The number of furan rings is 1. The van der Waals surface area contributed by atoms with Crippen molar-refractivity contribution in [3.8, 4) is 0 Å². The number of hydrogen-bond acceptors (Lipinski definition) is 3. The van der Waals surface area contributed by atoms with Crippen LogP contribution in [0.2, 0.25) is 0 Å². The average molecular weight is 326 g/mol. The molecule has 2 fully saturated rings. The zero-order chi connectivity index (χ0) is 16.8. The Labute approximate surface area is 141 Å². The van der Waals surface area contributed by atoms with Gasteiger partial charge in [-0.1, -0.05) is 18.6 Å². The summed E-state index contributed by atoms with van der Waals surface area (Å²) in [4.78, 5) is 27.0. The van der Waals surface area contributed by atoms with Gasteiger partial charge in [-0.2, -0.15) is 0 Å². The van der Waals surface area contributed by atoms with Gasteiger partial charge in [-0.15, -0.1) is 0 Å². The van der Waals surface area contributed by atoms with E-state index in [4.69, 9.17) is 4.42 Å². The van der Waals surface area contributed by atoms with Crippen LogP contribution < -0.4 is 5.32 Å². The lowest BCUT2D eigenvalue weighted by Crippen LogP contribution is -2.41. The van der Waals surface area contributed by atoms with Gasteiger partial charge in [0.1, 0.15) is 5.58 Å². The van der Waals surface area contributed by atoms with Gasteiger partial charge in [0, 0.05) is 30.1 Å². The van der Waals surface area contributed by atoms with Gasteiger partial charge in [0.15, 0.2) is 5.76 Å². The predicted octanol–water partition coefficient (Wildman–Crippen LogP) is 2.79. The molecule has 1 aromatic carbocycles. The molecule has 3 heterocycles. The molecule has 2 aromatic rings. The Balaban J connectivity index is 1.68. The molecule has 2 unspecified atom stereocenters. The van der Waals surface area contributed by atoms with E-state index in [1.165, 1.54) is 0 Å². The van der Waals surface area contributed by atoms with Crippen LogP contribution in [-0.2, 0) is 4.79 Å². The maximum Gasteiger partial charge on any atom is 0.289 e. The van der Waals surface area contributed by atoms with Crippen LogP contribution >= 0.6 is 0 Å². The summed E-state index contributed by atoms with van der Waals surface area (Å²) in [6.07, 6.45) is 2.83. The number of fused-ring (bicyclic) bond motifs is 4. The van der Waals surface area contributed by atoms with Gasteiger partial charge in [-0.25, -0.2) is 0 Å². The van der Waals surface area contributed by atoms with E-state index in [0.29, 0.717) is 18.8 Å². The van der Waals surface area contributed by atoms with E-state index in [9.17, 15) is 9.59 Å². The molecule has 5 heteroatoms. The van der Waals surface area contributed by atoms with E-state index >= 15 is 0 Å². The second-order valence-electron chi connectivity index (χ2n) is 7.10. The number of likely N-dealkylation sites (tertiary alicyclic amines) is 1. The Morgan fingerprint density at radius 2 is 2.08 bits per heavy atom. The fourth-order valence-corrected chi connectivity index (χ4v) is 3.90. The Bertz CT molecular complexity index is 823. The van der Waals surface area contributed by atoms with E-state index in [0.717, 1.165) is 41.4 Å². The summed E-state index contributed by atoms with van der Waals surface area (Å²) >= 11 is 0. The largest absolute Gasteiger partial charge is 0.451 e. The minimum absolute atomic E-state index is 0.0564. The third-order valence-corrected chi connectivity index (χ3v) is 5.28. The molecule has 0 spiro atoms. The molecule has 2 saturated heterocycles. The molecule has 1 N–H and O–H groups in total. The van der Waals surface area contributed by atoms with Crippen LogP contribution in [0.3, 0.4) is 0 Å². The number of carbonyl (C=O) groups excluding carboxylic acids is 2. The molecule has 0 saturated carbocycles. The van der Waals surface area contributed by atoms with Gasteiger partial charge in [-0.3, -0.25) is 9.59 Å². The monoisotopic (exact) mass is 326 g/mol. The molecule has 2 bridgehead atoms. The van der Waals surface area contributed by atoms with Gasteiger partial charge in [0.05, 0.1) is 5.92 Å². The first-order chi connectivity index (χ1) is 11.5. The van der Waals surface area contributed by atoms with Crippen LogP contribution in [0.15, 0.2) is 22.6 Å². The zero-order valence-corrected chi connectivity index (χ0v) is 14.1. The first-order valence-corrected chi connectivity index (χ1v) is 8.62. The average Bonchev–Trinajstić information content (AvgIpc) is 2.66. The van der Waals surface area contributed by atoms with Gasteiger partial charge >= 0.3 is 0 Å². The summed E-state index contributed by atoms with van der Waals surface area (Å²) in [6, 6.07) is 6.04. The summed E-state index contributed by atoms with van der Waals surface area (Å²) in [5.74, 6) is 0.288. The Morgan fingerprint density at radius 1 is 1.25 bits per heavy atom. The van der Waals surface area contributed by atoms with Crippen molar-refractivity contribution in [3.63, 3.8) is 0 Å². The summed E-state index contributed by atoms with van der Waals surface area (Å²) < 4.78 is 5.89. The minimum Gasteiger partial charge on any atom is -0.451 e. The number of rotatable bonds is 1. The molecular weight excluding hydrogens is 304 g/mol. The van der Waals surface area contributed by atoms with Crippen LogP contribution in [0.1, 0.15) is 40.9 Å². The zero-order valence-electron chi connectivity index (χ0n) is 14.1. The molecule has 2 aliphatic heterocycles. The number of nitrogens with one attached hydrogen (secondary N) is 1. The normalized spacial score (nSPS) is 23.9. The maximum atomic E-state index is 13.1. The minimum atomic E-state index is -0.103. The molecule has 1 aromatic heterocycles. The smallest absolute Gasteiger partial charge is 0.289 e. The van der Waals surface area contributed by atoms with Gasteiger partial charge in [0.2, 0.25) is 5.91 Å². The Hall–Kier alpha value is -2.30. The molecular formula is C19H22N2O3. The van der Waals surface area contributed by atoms with Crippen molar-refractivity contribution in [2.75, 3.05) is 13.1 Å². The number of hydrogen-bond donors (Lipinski definition) is 1. The van der Waals surface area contributed by atoms with Crippen LogP contribution in [-0.4, -0.2) is 35.8 Å². The van der Waals surface area contributed by atoms with Gasteiger partial charge in [0.25, 0.3) is 5.91 Å². The van der Waals surface area contributed by atoms with Crippen molar-refractivity contribution >= 4 is 22.8 Å². The molecule has 4 rings (SSSR count). The van der Waals surface area contributed by atoms with Crippen LogP contribution in [0.4, 0.5) is 0 Å². The summed E-state index contributed by atoms with van der Waals surface area (Å²) in [7, 11) is 0.